The molecule has 0 aliphatic carbocycles. The summed E-state index contributed by atoms with van der Waals surface area (Å²) in [5.41, 5.74) is 8.76. The van der Waals surface area contributed by atoms with Gasteiger partial charge in [0.1, 0.15) is 6.10 Å². The standard InChI is InChI=1S/C21H21N5O3/c22-18(16-11-6-12-28-16)29-21(23)26-19-20(27)24-15-10-5-4-9-14(15)17(25-19)13-7-2-1-3-8-13/h1-5,7-10,16,19,22H,6,11-12H2,(H2,23,26)(H,24,27)/t16-,19?/m1/s1. The molecule has 2 aromatic rings. The van der Waals surface area contributed by atoms with E-state index < -0.39 is 18.2 Å². The summed E-state index contributed by atoms with van der Waals surface area (Å²) in [5, 5.41) is 10.8. The number of nitrogens with one attached hydrogen (secondary N) is 2. The molecule has 4 rings (SSSR count). The van der Waals surface area contributed by atoms with Crippen molar-refractivity contribution in [1.29, 1.82) is 5.41 Å². The SMILES string of the molecule is N=C(OC(N)=NC1N=C(c2ccccc2)c2ccccc2NC1=O)[C@H]1CCCO1. The third-order valence-electron chi connectivity index (χ3n) is 4.66. The number of benzodiazepines with no additional fused rings is 1. The molecule has 148 valence electrons. The molecule has 2 atom stereocenters. The number of nitrogens with zero attached hydrogens (tertiary/aromatic N) is 2. The molecule has 1 unspecified atom stereocenters. The van der Waals surface area contributed by atoms with E-state index in [2.05, 4.69) is 15.3 Å². The molecule has 8 heteroatoms. The molecule has 0 saturated carbocycles. The van der Waals surface area contributed by atoms with Gasteiger partial charge in [0.25, 0.3) is 11.9 Å². The normalized spacial score (nSPS) is 21.6. The number of hydrogen-bond donors (Lipinski definition) is 3. The molecule has 1 saturated heterocycles. The van der Waals surface area contributed by atoms with E-state index in [4.69, 9.17) is 20.6 Å². The van der Waals surface area contributed by atoms with Crippen LogP contribution in [0.25, 0.3) is 0 Å². The molecule has 2 aliphatic rings. The Hall–Kier alpha value is -3.52. The van der Waals surface area contributed by atoms with Crippen molar-refractivity contribution in [1.82, 2.24) is 0 Å². The fraction of sp³-hybridized carbons (Fsp3) is 0.238. The molecule has 8 nitrogen and oxygen atoms in total. The molecule has 2 heterocycles. The number of nitrogens with two attached hydrogens (primary N) is 1. The average molecular weight is 391 g/mol. The molecule has 2 aromatic carbocycles. The van der Waals surface area contributed by atoms with Gasteiger partial charge in [0.05, 0.1) is 11.4 Å². The third kappa shape index (κ3) is 4.17. The lowest BCUT2D eigenvalue weighted by molar-refractivity contribution is -0.117. The topological polar surface area (TPSA) is 122 Å². The van der Waals surface area contributed by atoms with Crippen molar-refractivity contribution in [2.24, 2.45) is 15.7 Å². The minimum Gasteiger partial charge on any atom is -0.409 e. The monoisotopic (exact) mass is 391 g/mol. The van der Waals surface area contributed by atoms with Crippen molar-refractivity contribution in [2.45, 2.75) is 25.1 Å². The predicted octanol–water partition coefficient (Wildman–Crippen LogP) is 2.29. The van der Waals surface area contributed by atoms with Crippen LogP contribution < -0.4 is 11.1 Å². The average Bonchev–Trinajstić information content (AvgIpc) is 3.23. The first kappa shape index (κ1) is 18.8. The maximum absolute atomic E-state index is 12.7. The van der Waals surface area contributed by atoms with Crippen LogP contribution in [0.4, 0.5) is 5.69 Å². The number of ether oxygens (including phenoxy) is 2. The third-order valence-corrected chi connectivity index (χ3v) is 4.66. The lowest BCUT2D eigenvalue weighted by Gasteiger charge is -2.12. The molecule has 0 radical (unpaired) electrons. The van der Waals surface area contributed by atoms with Crippen LogP contribution in [0.5, 0.6) is 0 Å². The predicted molar refractivity (Wildman–Crippen MR) is 110 cm³/mol. The second kappa shape index (κ2) is 8.24. The van der Waals surface area contributed by atoms with Crippen LogP contribution >= 0.6 is 0 Å². The number of rotatable bonds is 3. The number of amides is 1. The number of fused-ring (bicyclic) bond motifs is 1. The number of amidine groups is 1. The number of carbonyl (C=O) groups is 1. The van der Waals surface area contributed by atoms with Crippen LogP contribution in [0, 0.1) is 5.41 Å². The van der Waals surface area contributed by atoms with Gasteiger partial charge in [-0.25, -0.2) is 4.99 Å². The van der Waals surface area contributed by atoms with Gasteiger partial charge in [0.2, 0.25) is 12.1 Å². The van der Waals surface area contributed by atoms with E-state index in [9.17, 15) is 4.79 Å². The quantitative estimate of drug-likeness (QED) is 0.549. The Morgan fingerprint density at radius 1 is 1.21 bits per heavy atom. The molecule has 0 bridgehead atoms. The molecule has 0 aromatic heterocycles. The Morgan fingerprint density at radius 2 is 1.97 bits per heavy atom. The molecular formula is C21H21N5O3. The highest BCUT2D eigenvalue weighted by Crippen LogP contribution is 2.24. The second-order valence-electron chi connectivity index (χ2n) is 6.69. The summed E-state index contributed by atoms with van der Waals surface area (Å²) in [6.45, 7) is 0.585. The van der Waals surface area contributed by atoms with E-state index in [0.717, 1.165) is 17.5 Å². The van der Waals surface area contributed by atoms with Gasteiger partial charge in [-0.2, -0.15) is 4.99 Å². The van der Waals surface area contributed by atoms with Crippen LogP contribution in [0.15, 0.2) is 64.6 Å². The zero-order valence-corrected chi connectivity index (χ0v) is 15.7. The van der Waals surface area contributed by atoms with E-state index in [-0.39, 0.29) is 11.9 Å². The van der Waals surface area contributed by atoms with Crippen molar-refractivity contribution in [3.05, 3.63) is 65.7 Å². The Bertz CT molecular complexity index is 981. The summed E-state index contributed by atoms with van der Waals surface area (Å²) in [6.07, 6.45) is -0.0161. The minimum atomic E-state index is -1.14. The van der Waals surface area contributed by atoms with E-state index >= 15 is 0 Å². The number of para-hydroxylation sites is 1. The highest BCUT2D eigenvalue weighted by Gasteiger charge is 2.27. The van der Waals surface area contributed by atoms with Gasteiger partial charge in [0, 0.05) is 17.7 Å². The van der Waals surface area contributed by atoms with Crippen molar-refractivity contribution < 1.29 is 14.3 Å². The molecule has 29 heavy (non-hydrogen) atoms. The number of carbonyl (C=O) groups excluding carboxylic acids is 1. The Labute approximate surface area is 168 Å². The summed E-state index contributed by atoms with van der Waals surface area (Å²) in [7, 11) is 0. The highest BCUT2D eigenvalue weighted by molar-refractivity contribution is 6.19. The fourth-order valence-corrected chi connectivity index (χ4v) is 3.27. The summed E-state index contributed by atoms with van der Waals surface area (Å²) in [6, 6.07) is 16.7. The van der Waals surface area contributed by atoms with Crippen LogP contribution in [0.1, 0.15) is 24.0 Å². The largest absolute Gasteiger partial charge is 0.409 e. The van der Waals surface area contributed by atoms with Crippen molar-refractivity contribution in [2.75, 3.05) is 11.9 Å². The molecular weight excluding hydrogens is 370 g/mol. The molecule has 1 amide bonds. The lowest BCUT2D eigenvalue weighted by atomic mass is 10.0. The molecule has 4 N–H and O–H groups in total. The van der Waals surface area contributed by atoms with Gasteiger partial charge in [0.15, 0.2) is 0 Å². The second-order valence-corrected chi connectivity index (χ2v) is 6.69. The van der Waals surface area contributed by atoms with E-state index in [1.165, 1.54) is 0 Å². The Balaban J connectivity index is 1.66. The maximum Gasteiger partial charge on any atom is 0.291 e. The highest BCUT2D eigenvalue weighted by atomic mass is 16.6. The summed E-state index contributed by atoms with van der Waals surface area (Å²) >= 11 is 0. The number of hydrogen-bond acceptors (Lipinski definition) is 6. The Morgan fingerprint density at radius 3 is 2.72 bits per heavy atom. The first-order chi connectivity index (χ1) is 14.1. The summed E-state index contributed by atoms with van der Waals surface area (Å²) < 4.78 is 10.7. The fourth-order valence-electron chi connectivity index (χ4n) is 3.27. The minimum absolute atomic E-state index is 0.117. The van der Waals surface area contributed by atoms with Crippen LogP contribution in [-0.2, 0) is 14.3 Å². The van der Waals surface area contributed by atoms with Crippen LogP contribution in [0.2, 0.25) is 0 Å². The smallest absolute Gasteiger partial charge is 0.291 e. The van der Waals surface area contributed by atoms with Gasteiger partial charge >= 0.3 is 0 Å². The van der Waals surface area contributed by atoms with Crippen LogP contribution in [0.3, 0.4) is 0 Å². The summed E-state index contributed by atoms with van der Waals surface area (Å²) in [4.78, 5) is 21.4. The van der Waals surface area contributed by atoms with Gasteiger partial charge in [-0.3, -0.25) is 10.2 Å². The zero-order valence-electron chi connectivity index (χ0n) is 15.7. The first-order valence-electron chi connectivity index (χ1n) is 9.36. The number of benzene rings is 2. The van der Waals surface area contributed by atoms with E-state index in [1.54, 1.807) is 0 Å². The van der Waals surface area contributed by atoms with Crippen molar-refractivity contribution in [3.8, 4) is 0 Å². The van der Waals surface area contributed by atoms with E-state index in [0.29, 0.717) is 24.4 Å². The van der Waals surface area contributed by atoms with Crippen molar-refractivity contribution in [3.63, 3.8) is 0 Å². The van der Waals surface area contributed by atoms with Gasteiger partial charge in [-0.05, 0) is 18.9 Å². The van der Waals surface area contributed by atoms with Crippen molar-refractivity contribution >= 4 is 29.2 Å². The van der Waals surface area contributed by atoms with Gasteiger partial charge in [-0.1, -0.05) is 48.5 Å². The molecule has 1 fully saturated rings. The van der Waals surface area contributed by atoms with Gasteiger partial charge < -0.3 is 20.5 Å². The molecule has 0 spiro atoms. The Kier molecular flexibility index (Phi) is 5.35. The summed E-state index contributed by atoms with van der Waals surface area (Å²) in [5.74, 6) is -0.549. The lowest BCUT2D eigenvalue weighted by Crippen LogP contribution is -2.32. The van der Waals surface area contributed by atoms with Gasteiger partial charge in [-0.15, -0.1) is 0 Å². The zero-order chi connectivity index (χ0) is 20.2. The van der Waals surface area contributed by atoms with E-state index in [1.807, 2.05) is 54.6 Å². The number of aliphatic imine (C=N–C) groups is 2. The van der Waals surface area contributed by atoms with Crippen LogP contribution in [-0.4, -0.2) is 42.4 Å². The number of anilines is 1. The maximum atomic E-state index is 12.7. The first-order valence-corrected chi connectivity index (χ1v) is 9.36. The molecule has 2 aliphatic heterocycles.